The van der Waals surface area contributed by atoms with Gasteiger partial charge < -0.3 is 5.32 Å². The van der Waals surface area contributed by atoms with Crippen molar-refractivity contribution in [1.82, 2.24) is 5.32 Å². The van der Waals surface area contributed by atoms with E-state index in [1.165, 1.54) is 23.8 Å². The molecule has 0 radical (unpaired) electrons. The zero-order chi connectivity index (χ0) is 16.0. The molecule has 114 valence electrons. The van der Waals surface area contributed by atoms with Gasteiger partial charge in [0.25, 0.3) is 0 Å². The van der Waals surface area contributed by atoms with E-state index in [1.807, 2.05) is 44.2 Å². The van der Waals surface area contributed by atoms with Gasteiger partial charge in [-0.15, -0.1) is 0 Å². The van der Waals surface area contributed by atoms with Crippen molar-refractivity contribution < 1.29 is 9.18 Å². The van der Waals surface area contributed by atoms with Crippen LogP contribution in [-0.2, 0) is 11.2 Å². The van der Waals surface area contributed by atoms with E-state index in [0.717, 1.165) is 12.0 Å². The van der Waals surface area contributed by atoms with Crippen LogP contribution in [-0.4, -0.2) is 11.4 Å². The molecule has 22 heavy (non-hydrogen) atoms. The van der Waals surface area contributed by atoms with E-state index >= 15 is 0 Å². The van der Waals surface area contributed by atoms with Gasteiger partial charge in [-0.3, -0.25) is 4.79 Å². The van der Waals surface area contributed by atoms with E-state index in [1.54, 1.807) is 18.2 Å². The molecule has 0 aliphatic heterocycles. The second kappa shape index (κ2) is 7.03. The van der Waals surface area contributed by atoms with E-state index in [-0.39, 0.29) is 17.3 Å². The lowest BCUT2D eigenvalue weighted by atomic mass is 9.95. The van der Waals surface area contributed by atoms with E-state index < -0.39 is 0 Å². The molecule has 0 heterocycles. The van der Waals surface area contributed by atoms with Crippen molar-refractivity contribution in [2.45, 2.75) is 25.8 Å². The Balaban J connectivity index is 1.94. The fraction of sp³-hybridized carbons (Fsp3) is 0.211. The quantitative estimate of drug-likeness (QED) is 0.831. The minimum atomic E-state index is -0.342. The number of halogens is 1. The minimum Gasteiger partial charge on any atom is -0.347 e. The third-order valence-electron chi connectivity index (χ3n) is 3.25. The highest BCUT2D eigenvalue weighted by atomic mass is 19.1. The number of carbonyl (C=O) groups is 1. The van der Waals surface area contributed by atoms with E-state index in [2.05, 4.69) is 5.32 Å². The lowest BCUT2D eigenvalue weighted by Gasteiger charge is -2.25. The third-order valence-corrected chi connectivity index (χ3v) is 3.25. The number of carbonyl (C=O) groups excluding carboxylic acids is 1. The predicted molar refractivity (Wildman–Crippen MR) is 87.8 cm³/mol. The van der Waals surface area contributed by atoms with Gasteiger partial charge in [-0.2, -0.15) is 0 Å². The first-order valence-corrected chi connectivity index (χ1v) is 7.24. The maximum atomic E-state index is 12.8. The topological polar surface area (TPSA) is 29.1 Å². The van der Waals surface area contributed by atoms with Gasteiger partial charge in [-0.25, -0.2) is 4.39 Å². The molecule has 1 amide bonds. The van der Waals surface area contributed by atoms with Crippen molar-refractivity contribution in [3.8, 4) is 0 Å². The van der Waals surface area contributed by atoms with Gasteiger partial charge >= 0.3 is 0 Å². The molecule has 2 aromatic rings. The van der Waals surface area contributed by atoms with Crippen LogP contribution < -0.4 is 5.32 Å². The van der Waals surface area contributed by atoms with Crippen molar-refractivity contribution >= 4 is 12.0 Å². The summed E-state index contributed by atoms with van der Waals surface area (Å²) < 4.78 is 12.8. The summed E-state index contributed by atoms with van der Waals surface area (Å²) >= 11 is 0. The number of nitrogens with one attached hydrogen (secondary N) is 1. The molecule has 0 unspecified atom stereocenters. The van der Waals surface area contributed by atoms with Crippen LogP contribution >= 0.6 is 0 Å². The van der Waals surface area contributed by atoms with Crippen LogP contribution in [0.2, 0.25) is 0 Å². The second-order valence-corrected chi connectivity index (χ2v) is 5.92. The number of benzene rings is 2. The largest absolute Gasteiger partial charge is 0.347 e. The zero-order valence-electron chi connectivity index (χ0n) is 12.8. The first-order chi connectivity index (χ1) is 10.4. The van der Waals surface area contributed by atoms with Crippen LogP contribution in [0.4, 0.5) is 4.39 Å². The van der Waals surface area contributed by atoms with Crippen LogP contribution in [0, 0.1) is 5.82 Å². The highest BCUT2D eigenvalue weighted by Crippen LogP contribution is 2.12. The summed E-state index contributed by atoms with van der Waals surface area (Å²) in [6.07, 6.45) is 3.90. The molecule has 0 bridgehead atoms. The zero-order valence-corrected chi connectivity index (χ0v) is 12.8. The maximum absolute atomic E-state index is 12.8. The van der Waals surface area contributed by atoms with Crippen LogP contribution in [0.25, 0.3) is 6.08 Å². The van der Waals surface area contributed by atoms with Crippen molar-refractivity contribution in [2.75, 3.05) is 0 Å². The summed E-state index contributed by atoms with van der Waals surface area (Å²) in [4.78, 5) is 12.0. The molecule has 0 saturated heterocycles. The normalized spacial score (nSPS) is 11.6. The minimum absolute atomic E-state index is 0.162. The van der Waals surface area contributed by atoms with Gasteiger partial charge in [0.15, 0.2) is 0 Å². The van der Waals surface area contributed by atoms with Gasteiger partial charge in [-0.1, -0.05) is 42.5 Å². The molecule has 0 aliphatic carbocycles. The number of amides is 1. The van der Waals surface area contributed by atoms with Gasteiger partial charge in [0.05, 0.1) is 0 Å². The monoisotopic (exact) mass is 297 g/mol. The van der Waals surface area contributed by atoms with E-state index in [4.69, 9.17) is 0 Å². The lowest BCUT2D eigenvalue weighted by molar-refractivity contribution is -0.117. The Morgan fingerprint density at radius 2 is 1.73 bits per heavy atom. The fourth-order valence-electron chi connectivity index (χ4n) is 2.27. The molecule has 0 fully saturated rings. The molecule has 2 aromatic carbocycles. The Morgan fingerprint density at radius 3 is 2.36 bits per heavy atom. The molecule has 0 atom stereocenters. The van der Waals surface area contributed by atoms with Gasteiger partial charge in [-0.05, 0) is 49.6 Å². The summed E-state index contributed by atoms with van der Waals surface area (Å²) in [5, 5.41) is 2.99. The summed E-state index contributed by atoms with van der Waals surface area (Å²) in [5.41, 5.74) is 1.62. The molecular formula is C19H20FNO. The average Bonchev–Trinajstić information content (AvgIpc) is 2.46. The molecule has 0 aromatic heterocycles. The average molecular weight is 297 g/mol. The predicted octanol–water partition coefficient (Wildman–Crippen LogP) is 3.98. The van der Waals surface area contributed by atoms with E-state index in [0.29, 0.717) is 0 Å². The van der Waals surface area contributed by atoms with E-state index in [9.17, 15) is 9.18 Å². The first kappa shape index (κ1) is 16.0. The third kappa shape index (κ3) is 5.17. The van der Waals surface area contributed by atoms with Crippen LogP contribution in [0.1, 0.15) is 25.0 Å². The highest BCUT2D eigenvalue weighted by Gasteiger charge is 2.19. The van der Waals surface area contributed by atoms with Crippen LogP contribution in [0.5, 0.6) is 0 Å². The van der Waals surface area contributed by atoms with Gasteiger partial charge in [0, 0.05) is 11.6 Å². The Kier molecular flexibility index (Phi) is 5.10. The Hall–Kier alpha value is -2.42. The molecule has 0 spiro atoms. The summed E-state index contributed by atoms with van der Waals surface area (Å²) in [5.74, 6) is -0.448. The number of hydrogen-bond donors (Lipinski definition) is 1. The summed E-state index contributed by atoms with van der Waals surface area (Å²) in [6.45, 7) is 3.98. The Bertz CT molecular complexity index is 645. The SMILES string of the molecule is CC(C)(Cc1ccccc1)NC(=O)/C=C/c1ccc(F)cc1. The van der Waals surface area contributed by atoms with Crippen LogP contribution in [0.3, 0.4) is 0 Å². The molecule has 1 N–H and O–H groups in total. The number of hydrogen-bond acceptors (Lipinski definition) is 1. The smallest absolute Gasteiger partial charge is 0.244 e. The summed E-state index contributed by atoms with van der Waals surface area (Å²) in [7, 11) is 0. The van der Waals surface area contributed by atoms with Crippen molar-refractivity contribution in [3.63, 3.8) is 0 Å². The molecule has 2 rings (SSSR count). The van der Waals surface area contributed by atoms with Crippen molar-refractivity contribution in [3.05, 3.63) is 77.6 Å². The molecular weight excluding hydrogens is 277 g/mol. The molecule has 0 saturated carbocycles. The summed E-state index contributed by atoms with van der Waals surface area (Å²) in [6, 6.07) is 16.0. The van der Waals surface area contributed by atoms with Crippen molar-refractivity contribution in [1.29, 1.82) is 0 Å². The van der Waals surface area contributed by atoms with Crippen molar-refractivity contribution in [2.24, 2.45) is 0 Å². The Morgan fingerprint density at radius 1 is 1.09 bits per heavy atom. The lowest BCUT2D eigenvalue weighted by Crippen LogP contribution is -2.44. The molecule has 3 heteroatoms. The maximum Gasteiger partial charge on any atom is 0.244 e. The van der Waals surface area contributed by atoms with Gasteiger partial charge in [0.1, 0.15) is 5.82 Å². The number of rotatable bonds is 5. The second-order valence-electron chi connectivity index (χ2n) is 5.92. The fourth-order valence-corrected chi connectivity index (χ4v) is 2.27. The standard InChI is InChI=1S/C19H20FNO/c1-19(2,14-16-6-4-3-5-7-16)21-18(22)13-10-15-8-11-17(20)12-9-15/h3-13H,14H2,1-2H3,(H,21,22)/b13-10+. The molecule has 0 aliphatic rings. The first-order valence-electron chi connectivity index (χ1n) is 7.24. The van der Waals surface area contributed by atoms with Crippen LogP contribution in [0.15, 0.2) is 60.7 Å². The molecule has 2 nitrogen and oxygen atoms in total. The Labute approximate surface area is 130 Å². The highest BCUT2D eigenvalue weighted by molar-refractivity contribution is 5.92. The van der Waals surface area contributed by atoms with Gasteiger partial charge in [0.2, 0.25) is 5.91 Å².